The van der Waals surface area contributed by atoms with Crippen LogP contribution in [0.4, 0.5) is 21.6 Å². The first-order chi connectivity index (χ1) is 19.5. The highest BCUT2D eigenvalue weighted by Crippen LogP contribution is 2.41. The average molecular weight is 638 g/mol. The summed E-state index contributed by atoms with van der Waals surface area (Å²) >= 11 is 7.43. The first-order valence-electron chi connectivity index (χ1n) is 12.5. The van der Waals surface area contributed by atoms with Crippen molar-refractivity contribution in [2.45, 2.75) is 38.1 Å². The molecule has 0 spiro atoms. The molecule has 41 heavy (non-hydrogen) atoms. The molecule has 0 aliphatic carbocycles. The van der Waals surface area contributed by atoms with Crippen LogP contribution in [0.25, 0.3) is 6.08 Å². The number of carbonyl (C=O) groups is 1. The van der Waals surface area contributed by atoms with Crippen LogP contribution in [0.5, 0.6) is 11.5 Å². The molecule has 1 heterocycles. The molecule has 1 atom stereocenters. The summed E-state index contributed by atoms with van der Waals surface area (Å²) in [4.78, 5) is 18.6. The summed E-state index contributed by atoms with van der Waals surface area (Å²) in [5, 5.41) is 2.79. The molecule has 3 rings (SSSR count). The van der Waals surface area contributed by atoms with Crippen molar-refractivity contribution in [2.75, 3.05) is 34.3 Å². The highest BCUT2D eigenvalue weighted by atomic mass is 35.5. The van der Waals surface area contributed by atoms with Gasteiger partial charge in [-0.15, -0.1) is 0 Å². The summed E-state index contributed by atoms with van der Waals surface area (Å²) in [6.45, 7) is 1.30. The Morgan fingerprint density at radius 2 is 2.02 bits per heavy atom. The van der Waals surface area contributed by atoms with E-state index in [2.05, 4.69) is 22.3 Å². The quantitative estimate of drug-likeness (QED) is 0.0874. The Kier molecular flexibility index (Phi) is 12.3. The van der Waals surface area contributed by atoms with Gasteiger partial charge in [-0.2, -0.15) is 21.6 Å². The minimum Gasteiger partial charge on any atom is -0.493 e. The number of rotatable bonds is 12. The molecule has 0 saturated carbocycles. The number of alkyl halides is 3. The van der Waals surface area contributed by atoms with E-state index < -0.39 is 32.2 Å². The van der Waals surface area contributed by atoms with Crippen molar-refractivity contribution in [3.05, 3.63) is 56.9 Å². The average Bonchev–Trinajstić information content (AvgIpc) is 3.34. The van der Waals surface area contributed by atoms with Gasteiger partial charge in [0.05, 0.1) is 22.6 Å². The van der Waals surface area contributed by atoms with E-state index in [1.807, 2.05) is 0 Å². The van der Waals surface area contributed by atoms with Crippen molar-refractivity contribution in [3.63, 3.8) is 0 Å². The number of hydrogen-bond acceptors (Lipinski definition) is 6. The SMILES string of the molecule is CN=C(NCCC1CCCN1C)/C(=C/c1cc(OC)c(OCc2ccc(C(F)(F)F)cc2P(F)F)cc1Cl)SC=O. The molecule has 2 aromatic carbocycles. The number of thioether (sulfide) groups is 1. The number of methoxy groups -OCH3 is 1. The predicted octanol–water partition coefficient (Wildman–Crippen LogP) is 7.19. The molecule has 1 N–H and O–H groups in total. The van der Waals surface area contributed by atoms with E-state index in [-0.39, 0.29) is 22.1 Å². The number of amidine groups is 1. The van der Waals surface area contributed by atoms with Gasteiger partial charge in [0.25, 0.3) is 8.54 Å². The fourth-order valence-corrected chi connectivity index (χ4v) is 5.81. The second-order valence-electron chi connectivity index (χ2n) is 9.17. The smallest absolute Gasteiger partial charge is 0.416 e. The van der Waals surface area contributed by atoms with Gasteiger partial charge in [-0.25, -0.2) is 0 Å². The van der Waals surface area contributed by atoms with E-state index in [9.17, 15) is 26.4 Å². The fraction of sp³-hybridized carbons (Fsp3) is 0.407. The third-order valence-corrected chi connectivity index (χ3v) is 8.39. The zero-order valence-electron chi connectivity index (χ0n) is 22.6. The molecule has 1 saturated heterocycles. The number of halogens is 6. The third kappa shape index (κ3) is 9.04. The maximum absolute atomic E-state index is 13.6. The molecular weight excluding hydrogens is 608 g/mol. The Balaban J connectivity index is 1.81. The fourth-order valence-electron chi connectivity index (χ4n) is 4.44. The first-order valence-corrected chi connectivity index (χ1v) is 14.9. The van der Waals surface area contributed by atoms with Crippen LogP contribution in [0.15, 0.2) is 40.2 Å². The summed E-state index contributed by atoms with van der Waals surface area (Å²) in [5.74, 6) is 0.830. The minimum absolute atomic E-state index is 0.0837. The van der Waals surface area contributed by atoms with Crippen LogP contribution in [0, 0.1) is 0 Å². The molecule has 1 aliphatic heterocycles. The summed E-state index contributed by atoms with van der Waals surface area (Å²) in [6, 6.07) is 5.61. The zero-order chi connectivity index (χ0) is 30.2. The molecule has 1 unspecified atom stereocenters. The number of ether oxygens (including phenoxy) is 2. The van der Waals surface area contributed by atoms with E-state index in [1.165, 1.54) is 19.6 Å². The lowest BCUT2D eigenvalue weighted by molar-refractivity contribution is -0.137. The van der Waals surface area contributed by atoms with Crippen LogP contribution >= 0.6 is 31.9 Å². The lowest BCUT2D eigenvalue weighted by Crippen LogP contribution is -2.32. The van der Waals surface area contributed by atoms with Gasteiger partial charge in [0.2, 0.25) is 0 Å². The molecule has 0 bridgehead atoms. The van der Waals surface area contributed by atoms with Crippen molar-refractivity contribution in [1.29, 1.82) is 0 Å². The number of nitrogens with zero attached hydrogens (tertiary/aromatic N) is 2. The highest BCUT2D eigenvalue weighted by molar-refractivity contribution is 8.16. The van der Waals surface area contributed by atoms with E-state index in [1.54, 1.807) is 19.2 Å². The maximum Gasteiger partial charge on any atom is 0.416 e. The van der Waals surface area contributed by atoms with Crippen LogP contribution in [0.3, 0.4) is 0 Å². The number of benzene rings is 2. The molecule has 0 radical (unpaired) electrons. The van der Waals surface area contributed by atoms with E-state index >= 15 is 0 Å². The Hall–Kier alpha value is -2.40. The second kappa shape index (κ2) is 15.2. The van der Waals surface area contributed by atoms with Crippen molar-refractivity contribution >= 4 is 54.7 Å². The maximum atomic E-state index is 13.6. The Morgan fingerprint density at radius 1 is 1.27 bits per heavy atom. The Bertz CT molecular complexity index is 1280. The van der Waals surface area contributed by atoms with Crippen LogP contribution in [-0.4, -0.2) is 56.7 Å². The van der Waals surface area contributed by atoms with Gasteiger partial charge in [0, 0.05) is 36.6 Å². The van der Waals surface area contributed by atoms with Crippen molar-refractivity contribution in [3.8, 4) is 11.5 Å². The Labute approximate surface area is 246 Å². The van der Waals surface area contributed by atoms with E-state index in [4.69, 9.17) is 21.1 Å². The van der Waals surface area contributed by atoms with Crippen molar-refractivity contribution < 1.29 is 35.8 Å². The Morgan fingerprint density at radius 3 is 2.61 bits per heavy atom. The number of carbonyl (C=O) groups excluding carboxylic acids is 1. The molecule has 224 valence electrons. The molecule has 1 fully saturated rings. The predicted molar refractivity (Wildman–Crippen MR) is 156 cm³/mol. The van der Waals surface area contributed by atoms with Crippen molar-refractivity contribution in [1.82, 2.24) is 10.2 Å². The first kappa shape index (κ1) is 33.1. The van der Waals surface area contributed by atoms with Crippen LogP contribution in [0.1, 0.15) is 36.0 Å². The number of likely N-dealkylation sites (tertiary alicyclic amines) is 1. The van der Waals surface area contributed by atoms with Gasteiger partial charge in [0.1, 0.15) is 12.4 Å². The van der Waals surface area contributed by atoms with E-state index in [0.717, 1.165) is 43.3 Å². The van der Waals surface area contributed by atoms with Gasteiger partial charge < -0.3 is 19.7 Å². The summed E-state index contributed by atoms with van der Waals surface area (Å²) < 4.78 is 77.2. The van der Waals surface area contributed by atoms with Gasteiger partial charge in [0.15, 0.2) is 17.1 Å². The van der Waals surface area contributed by atoms with Crippen LogP contribution < -0.4 is 20.1 Å². The molecule has 6 nitrogen and oxygen atoms in total. The standard InChI is InChI=1S/C27H30ClF5N3O3PS/c1-34-26(35-9-8-20-5-4-10-36(20)2)25(41-16-37)12-18-11-22(38-3)23(14-21(18)28)39-15-17-6-7-19(27(29,30)31)13-24(17)40(32)33/h6-7,11-14,16,20H,4-5,8-10,15H2,1-3H3,(H,34,35)/b25-12-. The largest absolute Gasteiger partial charge is 0.493 e. The van der Waals surface area contributed by atoms with Crippen molar-refractivity contribution in [2.24, 2.45) is 4.99 Å². The van der Waals surface area contributed by atoms with Gasteiger partial charge in [-0.3, -0.25) is 9.79 Å². The summed E-state index contributed by atoms with van der Waals surface area (Å²) in [5.41, 5.74) is -0.0853. The van der Waals surface area contributed by atoms with E-state index in [0.29, 0.717) is 40.6 Å². The summed E-state index contributed by atoms with van der Waals surface area (Å²) in [7, 11) is 1.27. The molecule has 0 amide bonds. The van der Waals surface area contributed by atoms with Gasteiger partial charge in [-0.1, -0.05) is 29.4 Å². The highest BCUT2D eigenvalue weighted by Gasteiger charge is 2.32. The minimum atomic E-state index is -4.74. The number of hydrogen-bond donors (Lipinski definition) is 1. The van der Waals surface area contributed by atoms with Gasteiger partial charge >= 0.3 is 6.18 Å². The van der Waals surface area contributed by atoms with Crippen LogP contribution in [0.2, 0.25) is 5.02 Å². The molecule has 1 aliphatic rings. The number of aliphatic imine (C=N–C) groups is 1. The molecular formula is C27H30ClF5N3O3PS. The van der Waals surface area contributed by atoms with Crippen LogP contribution in [-0.2, 0) is 17.6 Å². The number of nitrogens with one attached hydrogen (secondary N) is 1. The molecule has 0 aromatic heterocycles. The molecule has 14 heteroatoms. The monoisotopic (exact) mass is 637 g/mol. The second-order valence-corrected chi connectivity index (χ2v) is 11.4. The van der Waals surface area contributed by atoms with Gasteiger partial charge in [-0.05, 0) is 62.7 Å². The third-order valence-electron chi connectivity index (χ3n) is 6.62. The molecule has 2 aromatic rings. The lowest BCUT2D eigenvalue weighted by Gasteiger charge is -2.20. The zero-order valence-corrected chi connectivity index (χ0v) is 25.1. The topological polar surface area (TPSA) is 63.2 Å². The normalized spacial score (nSPS) is 16.8. The lowest BCUT2D eigenvalue weighted by atomic mass is 10.1. The summed E-state index contributed by atoms with van der Waals surface area (Å²) in [6.07, 6.45) is 0.141.